The third kappa shape index (κ3) is 5.78. The van der Waals surface area contributed by atoms with Crippen LogP contribution in [0.3, 0.4) is 0 Å². The van der Waals surface area contributed by atoms with Gasteiger partial charge < -0.3 is 10.2 Å². The van der Waals surface area contributed by atoms with Crippen LogP contribution in [0.2, 0.25) is 0 Å². The molecule has 2 aliphatic rings. The Kier molecular flexibility index (Phi) is 8.86. The molecule has 0 spiro atoms. The number of rotatable bonds is 5. The molecule has 2 aliphatic heterocycles. The molecule has 0 atom stereocenters. The average Bonchev–Trinajstić information content (AvgIpc) is 2.79. The Morgan fingerprint density at radius 3 is 2.38 bits per heavy atom. The predicted octanol–water partition coefficient (Wildman–Crippen LogP) is 2.69. The van der Waals surface area contributed by atoms with Crippen molar-refractivity contribution in [3.05, 3.63) is 48.0 Å². The van der Waals surface area contributed by atoms with Crippen LogP contribution in [-0.2, 0) is 16.1 Å². The molecule has 0 saturated carbocycles. The van der Waals surface area contributed by atoms with E-state index in [0.717, 1.165) is 38.7 Å². The lowest BCUT2D eigenvalue weighted by Gasteiger charge is -2.37. The van der Waals surface area contributed by atoms with Gasteiger partial charge in [0, 0.05) is 65.7 Å². The predicted molar refractivity (Wildman–Crippen MR) is 138 cm³/mol. The number of carbonyl (C=O) groups excluding carboxylic acids is 2. The Morgan fingerprint density at radius 1 is 0.969 bits per heavy atom. The third-order valence-electron chi connectivity index (χ3n) is 6.16. The number of hydrogen-bond donors (Lipinski definition) is 1. The second kappa shape index (κ2) is 11.6. The summed E-state index contributed by atoms with van der Waals surface area (Å²) in [4.78, 5) is 34.4. The number of benzene rings is 2. The van der Waals surface area contributed by atoms with Crippen LogP contribution in [0.5, 0.6) is 0 Å². The second-order valence-corrected chi connectivity index (χ2v) is 8.17. The molecule has 0 aliphatic carbocycles. The maximum Gasteiger partial charge on any atom is 0.229 e. The van der Waals surface area contributed by atoms with Crippen LogP contribution in [-0.4, -0.2) is 78.8 Å². The van der Waals surface area contributed by atoms with Crippen LogP contribution in [0.15, 0.2) is 47.5 Å². The van der Waals surface area contributed by atoms with Crippen molar-refractivity contribution in [3.8, 4) is 0 Å². The number of amides is 2. The Balaban J connectivity index is 0.00000289. The first-order chi connectivity index (χ1) is 15.2. The highest BCUT2D eigenvalue weighted by Gasteiger charge is 2.26. The van der Waals surface area contributed by atoms with E-state index in [-0.39, 0.29) is 35.8 Å². The van der Waals surface area contributed by atoms with Gasteiger partial charge in [0.15, 0.2) is 5.96 Å². The van der Waals surface area contributed by atoms with E-state index in [2.05, 4.69) is 62.6 Å². The summed E-state index contributed by atoms with van der Waals surface area (Å²) in [5.74, 6) is 0.715. The van der Waals surface area contributed by atoms with Crippen LogP contribution < -0.4 is 5.32 Å². The van der Waals surface area contributed by atoms with Crippen LogP contribution >= 0.6 is 24.0 Å². The monoisotopic (exact) mass is 549 g/mol. The summed E-state index contributed by atoms with van der Waals surface area (Å²) < 4.78 is 0. The Bertz CT molecular complexity index is 951. The van der Waals surface area contributed by atoms with Crippen molar-refractivity contribution in [2.75, 3.05) is 46.3 Å². The molecule has 0 radical (unpaired) electrons. The fourth-order valence-corrected chi connectivity index (χ4v) is 4.45. The SMILES string of the molecule is CN=C(NCCN1C(=O)CCCC1=O)N1CCN(Cc2cccc3ccccc23)CC1.I. The van der Waals surface area contributed by atoms with Gasteiger partial charge >= 0.3 is 0 Å². The maximum atomic E-state index is 12.0. The number of likely N-dealkylation sites (tertiary alicyclic amines) is 1. The molecule has 2 aromatic rings. The van der Waals surface area contributed by atoms with E-state index in [0.29, 0.717) is 32.4 Å². The summed E-state index contributed by atoms with van der Waals surface area (Å²) in [6.07, 6.45) is 1.62. The van der Waals surface area contributed by atoms with Gasteiger partial charge in [-0.1, -0.05) is 42.5 Å². The van der Waals surface area contributed by atoms with Crippen molar-refractivity contribution in [3.63, 3.8) is 0 Å². The molecule has 8 heteroatoms. The van der Waals surface area contributed by atoms with Crippen LogP contribution in [0.4, 0.5) is 0 Å². The number of halogens is 1. The number of aliphatic imine (C=N–C) groups is 1. The Morgan fingerprint density at radius 2 is 1.66 bits per heavy atom. The average molecular weight is 549 g/mol. The van der Waals surface area contributed by atoms with E-state index in [1.807, 2.05) is 0 Å². The van der Waals surface area contributed by atoms with Gasteiger partial charge in [-0.05, 0) is 22.8 Å². The number of guanidine groups is 1. The maximum absolute atomic E-state index is 12.0. The zero-order valence-corrected chi connectivity index (χ0v) is 21.0. The van der Waals surface area contributed by atoms with Crippen molar-refractivity contribution in [1.82, 2.24) is 20.0 Å². The smallest absolute Gasteiger partial charge is 0.229 e. The van der Waals surface area contributed by atoms with Gasteiger partial charge in [0.05, 0.1) is 0 Å². The van der Waals surface area contributed by atoms with E-state index in [1.54, 1.807) is 7.05 Å². The van der Waals surface area contributed by atoms with Crippen LogP contribution in [0, 0.1) is 0 Å². The molecule has 4 rings (SSSR count). The Hall–Kier alpha value is -2.20. The highest BCUT2D eigenvalue weighted by Crippen LogP contribution is 2.20. The molecule has 32 heavy (non-hydrogen) atoms. The lowest BCUT2D eigenvalue weighted by atomic mass is 10.0. The highest BCUT2D eigenvalue weighted by atomic mass is 127. The van der Waals surface area contributed by atoms with Crippen molar-refractivity contribution >= 4 is 52.5 Å². The molecule has 2 saturated heterocycles. The summed E-state index contributed by atoms with van der Waals surface area (Å²) in [7, 11) is 1.78. The van der Waals surface area contributed by atoms with E-state index in [4.69, 9.17) is 0 Å². The number of piperazine rings is 1. The molecular formula is C24H32IN5O2. The minimum absolute atomic E-state index is 0. The third-order valence-corrected chi connectivity index (χ3v) is 6.16. The van der Waals surface area contributed by atoms with Crippen LogP contribution in [0.25, 0.3) is 10.8 Å². The molecule has 172 valence electrons. The number of piperidine rings is 1. The molecule has 0 unspecified atom stereocenters. The fourth-order valence-electron chi connectivity index (χ4n) is 4.45. The molecule has 7 nitrogen and oxygen atoms in total. The molecule has 0 aromatic heterocycles. The molecule has 2 heterocycles. The first kappa shape index (κ1) is 24.4. The second-order valence-electron chi connectivity index (χ2n) is 8.17. The number of imide groups is 1. The summed E-state index contributed by atoms with van der Waals surface area (Å²) in [5.41, 5.74) is 1.37. The Labute approximate surface area is 206 Å². The van der Waals surface area contributed by atoms with Gasteiger partial charge in [0.1, 0.15) is 0 Å². The van der Waals surface area contributed by atoms with E-state index >= 15 is 0 Å². The summed E-state index contributed by atoms with van der Waals surface area (Å²) in [5, 5.41) is 5.94. The van der Waals surface area contributed by atoms with E-state index < -0.39 is 0 Å². The van der Waals surface area contributed by atoms with E-state index in [1.165, 1.54) is 21.2 Å². The molecule has 0 bridgehead atoms. The number of nitrogens with one attached hydrogen (secondary N) is 1. The molecule has 2 fully saturated rings. The van der Waals surface area contributed by atoms with E-state index in [9.17, 15) is 9.59 Å². The van der Waals surface area contributed by atoms with Gasteiger partial charge in [-0.2, -0.15) is 0 Å². The van der Waals surface area contributed by atoms with Crippen molar-refractivity contribution in [2.45, 2.75) is 25.8 Å². The molecule has 2 amide bonds. The van der Waals surface area contributed by atoms with Crippen molar-refractivity contribution in [1.29, 1.82) is 0 Å². The topological polar surface area (TPSA) is 68.2 Å². The minimum Gasteiger partial charge on any atom is -0.354 e. The lowest BCUT2D eigenvalue weighted by molar-refractivity contribution is -0.147. The molecule has 2 aromatic carbocycles. The first-order valence-corrected chi connectivity index (χ1v) is 11.1. The number of hydrogen-bond acceptors (Lipinski definition) is 4. The van der Waals surface area contributed by atoms with Gasteiger partial charge in [0.25, 0.3) is 0 Å². The molecular weight excluding hydrogens is 517 g/mol. The lowest BCUT2D eigenvalue weighted by Crippen LogP contribution is -2.53. The summed E-state index contributed by atoms with van der Waals surface area (Å²) in [6.45, 7) is 5.59. The summed E-state index contributed by atoms with van der Waals surface area (Å²) in [6, 6.07) is 15.1. The van der Waals surface area contributed by atoms with Crippen LogP contribution in [0.1, 0.15) is 24.8 Å². The van der Waals surface area contributed by atoms with Crippen molar-refractivity contribution in [2.24, 2.45) is 4.99 Å². The summed E-state index contributed by atoms with van der Waals surface area (Å²) >= 11 is 0. The van der Waals surface area contributed by atoms with Gasteiger partial charge in [-0.3, -0.25) is 24.4 Å². The fraction of sp³-hybridized carbons (Fsp3) is 0.458. The normalized spacial score (nSPS) is 18.1. The quantitative estimate of drug-likeness (QED) is 0.269. The zero-order valence-electron chi connectivity index (χ0n) is 18.6. The zero-order chi connectivity index (χ0) is 21.6. The molecule has 1 N–H and O–H groups in total. The largest absolute Gasteiger partial charge is 0.354 e. The first-order valence-electron chi connectivity index (χ1n) is 11.1. The minimum atomic E-state index is -0.0601. The number of carbonyl (C=O) groups is 2. The standard InChI is InChI=1S/C24H31N5O2.HI/c1-25-24(26-12-13-29-22(30)10-5-11-23(29)31)28-16-14-27(15-17-28)18-20-8-4-7-19-6-2-3-9-21(19)20;/h2-4,6-9H,5,10-18H2,1H3,(H,25,26);1H. The van der Waals surface area contributed by atoms with Gasteiger partial charge in [0.2, 0.25) is 11.8 Å². The highest BCUT2D eigenvalue weighted by molar-refractivity contribution is 14.0. The number of fused-ring (bicyclic) bond motifs is 1. The van der Waals surface area contributed by atoms with Crippen molar-refractivity contribution < 1.29 is 9.59 Å². The number of nitrogens with zero attached hydrogens (tertiary/aromatic N) is 4. The van der Waals surface area contributed by atoms with Gasteiger partial charge in [-0.15, -0.1) is 24.0 Å². The van der Waals surface area contributed by atoms with Gasteiger partial charge in [-0.25, -0.2) is 0 Å².